The maximum absolute atomic E-state index is 6.19. The highest BCUT2D eigenvalue weighted by Gasteiger charge is 2.49. The number of fused-ring (bicyclic) bond motifs is 3. The van der Waals surface area contributed by atoms with Crippen LogP contribution in [0.4, 0.5) is 11.4 Å². The molecule has 2 bridgehead atoms. The Kier molecular flexibility index (Phi) is 2.39. The number of rotatable bonds is 1. The average Bonchev–Trinajstić information content (AvgIpc) is 2.75. The molecule has 0 amide bonds. The van der Waals surface area contributed by atoms with Crippen LogP contribution < -0.4 is 11.1 Å². The van der Waals surface area contributed by atoms with Gasteiger partial charge in [-0.1, -0.05) is 6.92 Å². The van der Waals surface area contributed by atoms with Crippen LogP contribution in [-0.4, -0.2) is 7.05 Å². The Morgan fingerprint density at radius 2 is 1.84 bits per heavy atom. The van der Waals surface area contributed by atoms with Gasteiger partial charge in [-0.05, 0) is 78.5 Å². The fraction of sp³-hybridized carbons (Fsp3) is 0.647. The van der Waals surface area contributed by atoms with E-state index in [0.29, 0.717) is 5.92 Å². The summed E-state index contributed by atoms with van der Waals surface area (Å²) >= 11 is 0. The molecular formula is C17H24N2. The van der Waals surface area contributed by atoms with Gasteiger partial charge in [0.15, 0.2) is 0 Å². The van der Waals surface area contributed by atoms with Crippen LogP contribution in [0.3, 0.4) is 0 Å². The van der Waals surface area contributed by atoms with Gasteiger partial charge in [0, 0.05) is 7.05 Å². The molecule has 0 aliphatic heterocycles. The molecule has 0 saturated heterocycles. The van der Waals surface area contributed by atoms with Crippen molar-refractivity contribution in [2.45, 2.75) is 44.4 Å². The molecule has 1 aromatic carbocycles. The summed E-state index contributed by atoms with van der Waals surface area (Å²) in [4.78, 5) is 0. The van der Waals surface area contributed by atoms with Crippen molar-refractivity contribution in [1.82, 2.24) is 0 Å². The number of nitrogens with two attached hydrogens (primary N) is 1. The fourth-order valence-corrected chi connectivity index (χ4v) is 5.13. The zero-order valence-electron chi connectivity index (χ0n) is 11.9. The summed E-state index contributed by atoms with van der Waals surface area (Å²) in [6.45, 7) is 2.40. The van der Waals surface area contributed by atoms with E-state index in [1.54, 1.807) is 5.56 Å². The molecule has 2 heteroatoms. The third-order valence-electron chi connectivity index (χ3n) is 6.11. The Morgan fingerprint density at radius 1 is 1.05 bits per heavy atom. The summed E-state index contributed by atoms with van der Waals surface area (Å²) in [5.41, 5.74) is 11.3. The van der Waals surface area contributed by atoms with Gasteiger partial charge in [-0.25, -0.2) is 0 Å². The van der Waals surface area contributed by atoms with Crippen LogP contribution in [-0.2, 0) is 0 Å². The molecule has 102 valence electrons. The lowest BCUT2D eigenvalue weighted by atomic mass is 9.63. The molecule has 0 spiro atoms. The topological polar surface area (TPSA) is 38.0 Å². The standard InChI is InChI=1S/C17H24N2/c1-9-3-10-4-11-5-12(6-14(10)11)15-8-17(19-2)16(18)7-13(9)15/h7-12,14,19H,3-6,18H2,1-2H3. The molecule has 5 atom stereocenters. The van der Waals surface area contributed by atoms with Crippen molar-refractivity contribution in [2.24, 2.45) is 17.8 Å². The quantitative estimate of drug-likeness (QED) is 0.747. The number of anilines is 2. The molecule has 3 aliphatic rings. The Labute approximate surface area is 115 Å². The van der Waals surface area contributed by atoms with Gasteiger partial charge in [-0.2, -0.15) is 0 Å². The largest absolute Gasteiger partial charge is 0.397 e. The normalized spacial score (nSPS) is 38.9. The Hall–Kier alpha value is -1.18. The number of nitrogens with one attached hydrogen (secondary N) is 1. The maximum atomic E-state index is 6.19. The molecular weight excluding hydrogens is 232 g/mol. The van der Waals surface area contributed by atoms with E-state index in [1.165, 1.54) is 31.2 Å². The Morgan fingerprint density at radius 3 is 2.63 bits per heavy atom. The van der Waals surface area contributed by atoms with Gasteiger partial charge in [0.2, 0.25) is 0 Å². The lowest BCUT2D eigenvalue weighted by molar-refractivity contribution is 0.0890. The van der Waals surface area contributed by atoms with Gasteiger partial charge in [-0.3, -0.25) is 0 Å². The zero-order chi connectivity index (χ0) is 13.1. The Balaban J connectivity index is 1.84. The average molecular weight is 256 g/mol. The first-order valence-electron chi connectivity index (χ1n) is 7.78. The molecule has 0 heterocycles. The van der Waals surface area contributed by atoms with E-state index < -0.39 is 0 Å². The lowest BCUT2D eigenvalue weighted by Crippen LogP contribution is -2.33. The minimum Gasteiger partial charge on any atom is -0.397 e. The molecule has 3 aliphatic carbocycles. The number of hydrogen-bond donors (Lipinski definition) is 2. The first-order valence-corrected chi connectivity index (χ1v) is 7.78. The molecule has 2 saturated carbocycles. The fourth-order valence-electron chi connectivity index (χ4n) is 5.13. The van der Waals surface area contributed by atoms with Gasteiger partial charge < -0.3 is 11.1 Å². The SMILES string of the molecule is CNc1cc2c(cc1N)C(C)CC1CC3CC2CC13. The highest BCUT2D eigenvalue weighted by molar-refractivity contribution is 5.69. The highest BCUT2D eigenvalue weighted by atomic mass is 14.8. The van der Waals surface area contributed by atoms with Gasteiger partial charge in [0.25, 0.3) is 0 Å². The number of hydrogen-bond acceptors (Lipinski definition) is 2. The summed E-state index contributed by atoms with van der Waals surface area (Å²) in [5, 5.41) is 3.25. The smallest absolute Gasteiger partial charge is 0.0574 e. The summed E-state index contributed by atoms with van der Waals surface area (Å²) < 4.78 is 0. The second-order valence-electron chi connectivity index (χ2n) is 7.04. The van der Waals surface area contributed by atoms with Crippen LogP contribution in [0.25, 0.3) is 0 Å². The molecule has 0 aromatic heterocycles. The molecule has 4 rings (SSSR count). The van der Waals surface area contributed by atoms with Gasteiger partial charge >= 0.3 is 0 Å². The molecule has 3 N–H and O–H groups in total. The van der Waals surface area contributed by atoms with Gasteiger partial charge in [0.05, 0.1) is 11.4 Å². The summed E-state index contributed by atoms with van der Waals surface area (Å²) in [6, 6.07) is 4.60. The van der Waals surface area contributed by atoms with Crippen LogP contribution in [0.5, 0.6) is 0 Å². The highest BCUT2D eigenvalue weighted by Crippen LogP contribution is 2.61. The van der Waals surface area contributed by atoms with E-state index in [1.807, 2.05) is 7.05 Å². The number of benzene rings is 1. The molecule has 2 nitrogen and oxygen atoms in total. The first kappa shape index (κ1) is 11.6. The van der Waals surface area contributed by atoms with E-state index >= 15 is 0 Å². The maximum Gasteiger partial charge on any atom is 0.0574 e. The molecule has 5 unspecified atom stereocenters. The summed E-state index contributed by atoms with van der Waals surface area (Å²) in [6.07, 6.45) is 5.73. The minimum atomic E-state index is 0.678. The van der Waals surface area contributed by atoms with Crippen LogP contribution in [0.15, 0.2) is 12.1 Å². The van der Waals surface area contributed by atoms with Crippen LogP contribution in [0, 0.1) is 17.8 Å². The number of nitrogen functional groups attached to an aromatic ring is 1. The zero-order valence-corrected chi connectivity index (χ0v) is 11.9. The van der Waals surface area contributed by atoms with Gasteiger partial charge in [0.1, 0.15) is 0 Å². The van der Waals surface area contributed by atoms with Crippen molar-refractivity contribution < 1.29 is 0 Å². The van der Waals surface area contributed by atoms with Crippen molar-refractivity contribution in [1.29, 1.82) is 0 Å². The third-order valence-corrected chi connectivity index (χ3v) is 6.11. The second kappa shape index (κ2) is 3.91. The van der Waals surface area contributed by atoms with Gasteiger partial charge in [-0.15, -0.1) is 0 Å². The van der Waals surface area contributed by atoms with Crippen molar-refractivity contribution in [3.63, 3.8) is 0 Å². The molecule has 0 radical (unpaired) electrons. The van der Waals surface area contributed by atoms with E-state index in [2.05, 4.69) is 24.4 Å². The summed E-state index contributed by atoms with van der Waals surface area (Å²) in [5.74, 6) is 4.55. The van der Waals surface area contributed by atoms with E-state index in [-0.39, 0.29) is 0 Å². The molecule has 19 heavy (non-hydrogen) atoms. The third kappa shape index (κ3) is 1.55. The summed E-state index contributed by atoms with van der Waals surface area (Å²) in [7, 11) is 1.97. The predicted octanol–water partition coefficient (Wildman–Crippen LogP) is 3.95. The lowest BCUT2D eigenvalue weighted by Gasteiger charge is -2.42. The van der Waals surface area contributed by atoms with Crippen molar-refractivity contribution >= 4 is 11.4 Å². The monoisotopic (exact) mass is 256 g/mol. The van der Waals surface area contributed by atoms with Crippen molar-refractivity contribution in [3.05, 3.63) is 23.3 Å². The van der Waals surface area contributed by atoms with Crippen molar-refractivity contribution in [2.75, 3.05) is 18.1 Å². The van der Waals surface area contributed by atoms with Crippen LogP contribution >= 0.6 is 0 Å². The van der Waals surface area contributed by atoms with Crippen LogP contribution in [0.1, 0.15) is 55.6 Å². The minimum absolute atomic E-state index is 0.678. The molecule has 1 aromatic rings. The Bertz CT molecular complexity index is 522. The van der Waals surface area contributed by atoms with E-state index in [9.17, 15) is 0 Å². The predicted molar refractivity (Wildman–Crippen MR) is 80.5 cm³/mol. The van der Waals surface area contributed by atoms with E-state index in [4.69, 9.17) is 5.73 Å². The molecule has 2 fully saturated rings. The van der Waals surface area contributed by atoms with Crippen LogP contribution in [0.2, 0.25) is 0 Å². The van der Waals surface area contributed by atoms with E-state index in [0.717, 1.165) is 35.0 Å². The second-order valence-corrected chi connectivity index (χ2v) is 7.04. The van der Waals surface area contributed by atoms with Crippen molar-refractivity contribution in [3.8, 4) is 0 Å². The first-order chi connectivity index (χ1) is 9.17.